The van der Waals surface area contributed by atoms with Crippen molar-refractivity contribution in [3.05, 3.63) is 0 Å². The summed E-state index contributed by atoms with van der Waals surface area (Å²) in [6.45, 7) is -0.612. The van der Waals surface area contributed by atoms with Gasteiger partial charge in [0.25, 0.3) is 0 Å². The van der Waals surface area contributed by atoms with Gasteiger partial charge in [-0.05, 0) is 12.8 Å². The molecular formula is C11H19NO6S. The summed E-state index contributed by atoms with van der Waals surface area (Å²) in [5.41, 5.74) is -1.03. The normalized spacial score (nSPS) is 18.5. The van der Waals surface area contributed by atoms with E-state index >= 15 is 0 Å². The fourth-order valence-electron chi connectivity index (χ4n) is 2.42. The second-order valence-electron chi connectivity index (χ2n) is 4.89. The van der Waals surface area contributed by atoms with Gasteiger partial charge in [0.05, 0.1) is 18.3 Å². The van der Waals surface area contributed by atoms with Gasteiger partial charge < -0.3 is 9.84 Å². The van der Waals surface area contributed by atoms with Crippen LogP contribution in [0.3, 0.4) is 0 Å². The Morgan fingerprint density at radius 1 is 1.32 bits per heavy atom. The SMILES string of the molecule is COC(=O)C1(CS(=O)(=O)N(C)CC(=O)O)CCCC1. The molecule has 0 spiro atoms. The van der Waals surface area contributed by atoms with Crippen molar-refractivity contribution in [2.24, 2.45) is 5.41 Å². The maximum atomic E-state index is 12.1. The molecule has 1 saturated carbocycles. The lowest BCUT2D eigenvalue weighted by Crippen LogP contribution is -2.43. The number of methoxy groups -OCH3 is 1. The number of sulfonamides is 1. The van der Waals surface area contributed by atoms with Gasteiger partial charge in [0.1, 0.15) is 6.54 Å². The van der Waals surface area contributed by atoms with Crippen LogP contribution in [0, 0.1) is 5.41 Å². The van der Waals surface area contributed by atoms with Gasteiger partial charge in [-0.15, -0.1) is 0 Å². The lowest BCUT2D eigenvalue weighted by Gasteiger charge is -2.27. The van der Waals surface area contributed by atoms with Crippen molar-refractivity contribution in [2.45, 2.75) is 25.7 Å². The van der Waals surface area contributed by atoms with Crippen LogP contribution in [0.25, 0.3) is 0 Å². The average molecular weight is 293 g/mol. The van der Waals surface area contributed by atoms with Crippen LogP contribution in [0.5, 0.6) is 0 Å². The second-order valence-corrected chi connectivity index (χ2v) is 6.96. The predicted molar refractivity (Wildman–Crippen MR) is 67.0 cm³/mol. The minimum atomic E-state index is -3.80. The first-order valence-corrected chi connectivity index (χ1v) is 7.59. The molecule has 1 rings (SSSR count). The Bertz CT molecular complexity index is 452. The minimum absolute atomic E-state index is 0.392. The second kappa shape index (κ2) is 5.87. The van der Waals surface area contributed by atoms with Crippen molar-refractivity contribution >= 4 is 22.0 Å². The van der Waals surface area contributed by atoms with Gasteiger partial charge in [-0.1, -0.05) is 12.8 Å². The van der Waals surface area contributed by atoms with E-state index in [1.54, 1.807) is 0 Å². The van der Waals surface area contributed by atoms with E-state index < -0.39 is 39.7 Å². The molecule has 1 aliphatic carbocycles. The van der Waals surface area contributed by atoms with E-state index in [1.165, 1.54) is 14.2 Å². The van der Waals surface area contributed by atoms with Gasteiger partial charge in [0.2, 0.25) is 10.0 Å². The lowest BCUT2D eigenvalue weighted by atomic mass is 9.89. The molecule has 0 saturated heterocycles. The van der Waals surface area contributed by atoms with Crippen molar-refractivity contribution in [2.75, 3.05) is 26.5 Å². The summed E-state index contributed by atoms with van der Waals surface area (Å²) in [4.78, 5) is 22.4. The van der Waals surface area contributed by atoms with Crippen molar-refractivity contribution in [1.82, 2.24) is 4.31 Å². The maximum absolute atomic E-state index is 12.1. The number of carbonyl (C=O) groups excluding carboxylic acids is 1. The molecule has 0 heterocycles. The van der Waals surface area contributed by atoms with Gasteiger partial charge >= 0.3 is 11.9 Å². The highest BCUT2D eigenvalue weighted by Gasteiger charge is 2.46. The number of carboxylic acids is 1. The molecule has 0 aromatic heterocycles. The number of ether oxygens (including phenoxy) is 1. The molecule has 0 amide bonds. The van der Waals surface area contributed by atoms with E-state index in [-0.39, 0.29) is 0 Å². The summed E-state index contributed by atoms with van der Waals surface area (Å²) in [6, 6.07) is 0. The predicted octanol–water partition coefficient (Wildman–Crippen LogP) is 0.0660. The number of carbonyl (C=O) groups is 2. The highest BCUT2D eigenvalue weighted by molar-refractivity contribution is 7.89. The third-order valence-corrected chi connectivity index (χ3v) is 5.47. The van der Waals surface area contributed by atoms with Crippen LogP contribution in [-0.4, -0.2) is 56.2 Å². The smallest absolute Gasteiger partial charge is 0.318 e. The number of carboxylic acid groups (broad SMARTS) is 1. The molecular weight excluding hydrogens is 274 g/mol. The Balaban J connectivity index is 2.90. The molecule has 0 bridgehead atoms. The summed E-state index contributed by atoms with van der Waals surface area (Å²) in [7, 11) is -1.37. The Kier molecular flexibility index (Phi) is 4.92. The fourth-order valence-corrected chi connectivity index (χ4v) is 4.06. The molecule has 1 fully saturated rings. The molecule has 0 atom stereocenters. The van der Waals surface area contributed by atoms with E-state index in [4.69, 9.17) is 9.84 Å². The summed E-state index contributed by atoms with van der Waals surface area (Å²) in [5.74, 6) is -2.15. The van der Waals surface area contributed by atoms with E-state index in [1.807, 2.05) is 0 Å². The third-order valence-electron chi connectivity index (χ3n) is 3.47. The number of rotatable bonds is 6. The number of hydrogen-bond donors (Lipinski definition) is 1. The van der Waals surface area contributed by atoms with Crippen LogP contribution >= 0.6 is 0 Å². The first-order chi connectivity index (χ1) is 8.73. The molecule has 0 aromatic carbocycles. The quantitative estimate of drug-likeness (QED) is 0.695. The molecule has 8 heteroatoms. The minimum Gasteiger partial charge on any atom is -0.480 e. The van der Waals surface area contributed by atoms with Crippen LogP contribution in [0.1, 0.15) is 25.7 Å². The van der Waals surface area contributed by atoms with Crippen LogP contribution in [-0.2, 0) is 24.3 Å². The molecule has 0 aliphatic heterocycles. The number of hydrogen-bond acceptors (Lipinski definition) is 5. The zero-order chi connectivity index (χ0) is 14.7. The summed E-state index contributed by atoms with van der Waals surface area (Å²) >= 11 is 0. The van der Waals surface area contributed by atoms with Crippen molar-refractivity contribution in [3.8, 4) is 0 Å². The van der Waals surface area contributed by atoms with E-state index in [0.29, 0.717) is 12.8 Å². The Morgan fingerprint density at radius 3 is 2.26 bits per heavy atom. The number of likely N-dealkylation sites (N-methyl/N-ethyl adjacent to an activating group) is 1. The highest BCUT2D eigenvalue weighted by Crippen LogP contribution is 2.40. The fraction of sp³-hybridized carbons (Fsp3) is 0.818. The van der Waals surface area contributed by atoms with Crippen LogP contribution in [0.2, 0.25) is 0 Å². The summed E-state index contributed by atoms with van der Waals surface area (Å²) < 4.78 is 29.7. The van der Waals surface area contributed by atoms with Crippen LogP contribution < -0.4 is 0 Å². The zero-order valence-corrected chi connectivity index (χ0v) is 11.9. The molecule has 1 N–H and O–H groups in total. The monoisotopic (exact) mass is 293 g/mol. The van der Waals surface area contributed by atoms with Crippen molar-refractivity contribution in [1.29, 1.82) is 0 Å². The Morgan fingerprint density at radius 2 is 1.84 bits per heavy atom. The molecule has 7 nitrogen and oxygen atoms in total. The summed E-state index contributed by atoms with van der Waals surface area (Å²) in [6.07, 6.45) is 2.46. The number of esters is 1. The molecule has 19 heavy (non-hydrogen) atoms. The van der Waals surface area contributed by atoms with Gasteiger partial charge in [-0.25, -0.2) is 8.42 Å². The topological polar surface area (TPSA) is 101 Å². The van der Waals surface area contributed by atoms with Crippen LogP contribution in [0.4, 0.5) is 0 Å². The Labute approximate surface area is 112 Å². The third kappa shape index (κ3) is 3.66. The van der Waals surface area contributed by atoms with Gasteiger partial charge in [0.15, 0.2) is 0 Å². The van der Waals surface area contributed by atoms with Crippen molar-refractivity contribution < 1.29 is 27.9 Å². The average Bonchev–Trinajstić information content (AvgIpc) is 2.76. The number of nitrogens with zero attached hydrogens (tertiary/aromatic N) is 1. The van der Waals surface area contributed by atoms with Gasteiger partial charge in [0, 0.05) is 7.05 Å². The maximum Gasteiger partial charge on any atom is 0.318 e. The molecule has 1 aliphatic rings. The van der Waals surface area contributed by atoms with E-state index in [9.17, 15) is 18.0 Å². The molecule has 0 aromatic rings. The van der Waals surface area contributed by atoms with Crippen molar-refractivity contribution in [3.63, 3.8) is 0 Å². The largest absolute Gasteiger partial charge is 0.480 e. The zero-order valence-electron chi connectivity index (χ0n) is 11.1. The molecule has 110 valence electrons. The Hall–Kier alpha value is -1.15. The van der Waals surface area contributed by atoms with Gasteiger partial charge in [-0.3, -0.25) is 9.59 Å². The van der Waals surface area contributed by atoms with Crippen LogP contribution in [0.15, 0.2) is 0 Å². The van der Waals surface area contributed by atoms with E-state index in [2.05, 4.69) is 0 Å². The molecule has 0 unspecified atom stereocenters. The first kappa shape index (κ1) is 15.9. The first-order valence-electron chi connectivity index (χ1n) is 5.98. The van der Waals surface area contributed by atoms with E-state index in [0.717, 1.165) is 17.1 Å². The lowest BCUT2D eigenvalue weighted by molar-refractivity contribution is -0.151. The standard InChI is InChI=1S/C11H19NO6S/c1-12(7-9(13)14)19(16,17)8-11(10(15)18-2)5-3-4-6-11/h3-8H2,1-2H3,(H,13,14). The molecule has 0 radical (unpaired) electrons. The van der Waals surface area contributed by atoms with Gasteiger partial charge in [-0.2, -0.15) is 4.31 Å². The summed E-state index contributed by atoms with van der Waals surface area (Å²) in [5, 5.41) is 8.63. The number of aliphatic carboxylic acids is 1. The highest BCUT2D eigenvalue weighted by atomic mass is 32.2.